The highest BCUT2D eigenvalue weighted by Crippen LogP contribution is 2.11. The highest BCUT2D eigenvalue weighted by Gasteiger charge is 2.18. The summed E-state index contributed by atoms with van der Waals surface area (Å²) in [5.74, 6) is 1.36. The van der Waals surface area contributed by atoms with Crippen LogP contribution in [0, 0.1) is 0 Å². The smallest absolute Gasteiger partial charge is 0.216 e. The van der Waals surface area contributed by atoms with Crippen LogP contribution in [-0.4, -0.2) is 42.9 Å². The van der Waals surface area contributed by atoms with Crippen LogP contribution in [0.5, 0.6) is 0 Å². The van der Waals surface area contributed by atoms with E-state index in [0.717, 1.165) is 11.4 Å². The first-order chi connectivity index (χ1) is 10.8. The van der Waals surface area contributed by atoms with Gasteiger partial charge in [-0.15, -0.1) is 0 Å². The molecular formula is C16H23N5O2. The molecule has 7 nitrogen and oxygen atoms in total. The van der Waals surface area contributed by atoms with E-state index in [4.69, 9.17) is 0 Å². The number of aliphatic hydroxyl groups is 1. The highest BCUT2D eigenvalue weighted by atomic mass is 16.3. The minimum Gasteiger partial charge on any atom is -0.389 e. The normalized spacial score (nSPS) is 11.5. The lowest BCUT2D eigenvalue weighted by Crippen LogP contribution is -2.29. The molecule has 0 spiro atoms. The number of hydrogen-bond donors (Lipinski definition) is 2. The Balaban J connectivity index is 2.15. The van der Waals surface area contributed by atoms with Crippen LogP contribution in [0.3, 0.4) is 0 Å². The minimum atomic E-state index is -0.887. The molecule has 0 aliphatic carbocycles. The number of carbonyl (C=O) groups excluding carboxylic acids is 1. The molecule has 0 radical (unpaired) electrons. The number of hydrogen-bond acceptors (Lipinski definition) is 5. The second kappa shape index (κ2) is 7.32. The SMILES string of the molecule is CC(=O)NCCc1nc(Cc2cccnc2)nn1CC(C)(C)O. The highest BCUT2D eigenvalue weighted by molar-refractivity contribution is 5.72. The molecule has 2 heterocycles. The summed E-state index contributed by atoms with van der Waals surface area (Å²) >= 11 is 0. The van der Waals surface area contributed by atoms with E-state index < -0.39 is 5.60 Å². The van der Waals surface area contributed by atoms with E-state index in [9.17, 15) is 9.90 Å². The Labute approximate surface area is 135 Å². The van der Waals surface area contributed by atoms with Crippen molar-refractivity contribution in [2.24, 2.45) is 0 Å². The van der Waals surface area contributed by atoms with Crippen LogP contribution in [0.1, 0.15) is 38.0 Å². The number of rotatable bonds is 7. The van der Waals surface area contributed by atoms with E-state index in [0.29, 0.717) is 31.8 Å². The van der Waals surface area contributed by atoms with E-state index in [2.05, 4.69) is 20.4 Å². The molecule has 2 aromatic rings. The molecule has 0 bridgehead atoms. The van der Waals surface area contributed by atoms with E-state index in [1.165, 1.54) is 6.92 Å². The maximum atomic E-state index is 11.0. The molecule has 1 amide bonds. The van der Waals surface area contributed by atoms with Crippen LogP contribution < -0.4 is 5.32 Å². The molecule has 0 aliphatic heterocycles. The zero-order valence-corrected chi connectivity index (χ0v) is 13.8. The van der Waals surface area contributed by atoms with Gasteiger partial charge in [-0.2, -0.15) is 5.10 Å². The van der Waals surface area contributed by atoms with Crippen LogP contribution in [0.25, 0.3) is 0 Å². The van der Waals surface area contributed by atoms with Crippen molar-refractivity contribution in [3.8, 4) is 0 Å². The molecular weight excluding hydrogens is 294 g/mol. The zero-order valence-electron chi connectivity index (χ0n) is 13.8. The van der Waals surface area contributed by atoms with Crippen molar-refractivity contribution in [2.75, 3.05) is 6.54 Å². The lowest BCUT2D eigenvalue weighted by Gasteiger charge is -2.18. The molecule has 23 heavy (non-hydrogen) atoms. The summed E-state index contributed by atoms with van der Waals surface area (Å²) in [6.07, 6.45) is 4.66. The molecule has 7 heteroatoms. The molecule has 0 unspecified atom stereocenters. The van der Waals surface area contributed by atoms with Gasteiger partial charge in [0.1, 0.15) is 5.82 Å². The van der Waals surface area contributed by atoms with E-state index >= 15 is 0 Å². The van der Waals surface area contributed by atoms with Crippen LogP contribution in [0.4, 0.5) is 0 Å². The Bertz CT molecular complexity index is 646. The van der Waals surface area contributed by atoms with Crippen molar-refractivity contribution in [2.45, 2.75) is 45.8 Å². The number of nitrogens with one attached hydrogen (secondary N) is 1. The number of pyridine rings is 1. The Hall–Kier alpha value is -2.28. The van der Waals surface area contributed by atoms with Gasteiger partial charge < -0.3 is 10.4 Å². The van der Waals surface area contributed by atoms with Crippen LogP contribution in [0.15, 0.2) is 24.5 Å². The molecule has 2 rings (SSSR count). The number of aromatic nitrogens is 4. The topological polar surface area (TPSA) is 92.9 Å². The third kappa shape index (κ3) is 5.78. The third-order valence-electron chi connectivity index (χ3n) is 3.14. The van der Waals surface area contributed by atoms with Gasteiger partial charge in [0.15, 0.2) is 5.82 Å². The number of carbonyl (C=O) groups is 1. The van der Waals surface area contributed by atoms with Gasteiger partial charge in [-0.25, -0.2) is 9.67 Å². The molecule has 124 valence electrons. The van der Waals surface area contributed by atoms with Gasteiger partial charge in [0, 0.05) is 38.7 Å². The Morgan fingerprint density at radius 3 is 2.83 bits per heavy atom. The summed E-state index contributed by atoms with van der Waals surface area (Å²) in [5, 5.41) is 17.3. The van der Waals surface area contributed by atoms with E-state index in [-0.39, 0.29) is 5.91 Å². The monoisotopic (exact) mass is 317 g/mol. The van der Waals surface area contributed by atoms with Crippen molar-refractivity contribution < 1.29 is 9.90 Å². The molecule has 0 aliphatic rings. The molecule has 0 aromatic carbocycles. The van der Waals surface area contributed by atoms with Crippen LogP contribution in [-0.2, 0) is 24.2 Å². The van der Waals surface area contributed by atoms with Crippen LogP contribution in [0.2, 0.25) is 0 Å². The fourth-order valence-corrected chi connectivity index (χ4v) is 2.21. The van der Waals surface area contributed by atoms with E-state index in [1.54, 1.807) is 30.9 Å². The summed E-state index contributed by atoms with van der Waals surface area (Å²) < 4.78 is 1.72. The number of nitrogens with zero attached hydrogens (tertiary/aromatic N) is 4. The average Bonchev–Trinajstić information content (AvgIpc) is 2.79. The van der Waals surface area contributed by atoms with Gasteiger partial charge in [-0.05, 0) is 25.5 Å². The minimum absolute atomic E-state index is 0.0749. The summed E-state index contributed by atoms with van der Waals surface area (Å²) in [7, 11) is 0. The van der Waals surface area contributed by atoms with Gasteiger partial charge in [0.2, 0.25) is 5.91 Å². The quantitative estimate of drug-likeness (QED) is 0.784. The van der Waals surface area contributed by atoms with Crippen LogP contribution >= 0.6 is 0 Å². The summed E-state index contributed by atoms with van der Waals surface area (Å²) in [6.45, 7) is 5.78. The average molecular weight is 317 g/mol. The van der Waals surface area contributed by atoms with Gasteiger partial charge in [0.05, 0.1) is 12.1 Å². The van der Waals surface area contributed by atoms with Crippen molar-refractivity contribution >= 4 is 5.91 Å². The Kier molecular flexibility index (Phi) is 5.44. The summed E-state index contributed by atoms with van der Waals surface area (Å²) in [5.41, 5.74) is 0.142. The maximum absolute atomic E-state index is 11.0. The molecule has 0 fully saturated rings. The van der Waals surface area contributed by atoms with Crippen molar-refractivity contribution in [1.82, 2.24) is 25.1 Å². The fraction of sp³-hybridized carbons (Fsp3) is 0.500. The zero-order chi connectivity index (χ0) is 16.9. The second-order valence-corrected chi connectivity index (χ2v) is 6.19. The predicted octanol–water partition coefficient (Wildman–Crippen LogP) is 0.713. The summed E-state index contributed by atoms with van der Waals surface area (Å²) in [4.78, 5) is 19.6. The Morgan fingerprint density at radius 2 is 2.22 bits per heavy atom. The standard InChI is InChI=1S/C16H23N5O2/c1-12(22)18-8-6-15-19-14(9-13-5-4-7-17-10-13)20-21(15)11-16(2,3)23/h4-5,7,10,23H,6,8-9,11H2,1-3H3,(H,18,22). The van der Waals surface area contributed by atoms with Gasteiger partial charge >= 0.3 is 0 Å². The van der Waals surface area contributed by atoms with Crippen molar-refractivity contribution in [3.63, 3.8) is 0 Å². The van der Waals surface area contributed by atoms with Gasteiger partial charge in [0.25, 0.3) is 0 Å². The lowest BCUT2D eigenvalue weighted by molar-refractivity contribution is -0.118. The third-order valence-corrected chi connectivity index (χ3v) is 3.14. The summed E-state index contributed by atoms with van der Waals surface area (Å²) in [6, 6.07) is 3.85. The second-order valence-electron chi connectivity index (χ2n) is 6.19. The largest absolute Gasteiger partial charge is 0.389 e. The molecule has 2 N–H and O–H groups in total. The predicted molar refractivity (Wildman–Crippen MR) is 85.8 cm³/mol. The lowest BCUT2D eigenvalue weighted by atomic mass is 10.1. The van der Waals surface area contributed by atoms with Gasteiger partial charge in [-0.3, -0.25) is 9.78 Å². The molecule has 0 saturated carbocycles. The first-order valence-corrected chi connectivity index (χ1v) is 7.62. The first kappa shape index (κ1) is 17.1. The molecule has 0 atom stereocenters. The number of amides is 1. The van der Waals surface area contributed by atoms with E-state index in [1.807, 2.05) is 12.1 Å². The molecule has 2 aromatic heterocycles. The van der Waals surface area contributed by atoms with Gasteiger partial charge in [-0.1, -0.05) is 6.07 Å². The fourth-order valence-electron chi connectivity index (χ4n) is 2.21. The molecule has 0 saturated heterocycles. The Morgan fingerprint density at radius 1 is 1.43 bits per heavy atom. The van der Waals surface area contributed by atoms with Crippen molar-refractivity contribution in [3.05, 3.63) is 41.7 Å². The maximum Gasteiger partial charge on any atom is 0.216 e. The van der Waals surface area contributed by atoms with Crippen molar-refractivity contribution in [1.29, 1.82) is 0 Å². The first-order valence-electron chi connectivity index (χ1n) is 7.62.